The van der Waals surface area contributed by atoms with E-state index in [1.54, 1.807) is 4.57 Å². The highest BCUT2D eigenvalue weighted by atomic mass is 79.9. The number of hydrogen-bond donors (Lipinski definition) is 1. The minimum absolute atomic E-state index is 0.119. The average molecular weight is 330 g/mol. The van der Waals surface area contributed by atoms with Crippen LogP contribution in [0.2, 0.25) is 0 Å². The Morgan fingerprint density at radius 1 is 1.35 bits per heavy atom. The molecule has 0 fully saturated rings. The van der Waals surface area contributed by atoms with Gasteiger partial charge in [-0.25, -0.2) is 4.98 Å². The number of hydrogen-bond acceptors (Lipinski definition) is 4. The number of nitrogens with zero attached hydrogens (tertiary/aromatic N) is 4. The van der Waals surface area contributed by atoms with E-state index in [9.17, 15) is 5.26 Å². The van der Waals surface area contributed by atoms with Crippen LogP contribution in [-0.2, 0) is 0 Å². The van der Waals surface area contributed by atoms with Gasteiger partial charge < -0.3 is 10.3 Å². The summed E-state index contributed by atoms with van der Waals surface area (Å²) in [6.45, 7) is 1.86. The molecule has 1 aromatic heterocycles. The molecule has 0 aliphatic carbocycles. The van der Waals surface area contributed by atoms with Crippen molar-refractivity contribution in [2.24, 2.45) is 5.73 Å². The van der Waals surface area contributed by atoms with Gasteiger partial charge in [0.1, 0.15) is 12.1 Å². The van der Waals surface area contributed by atoms with Crippen LogP contribution in [0.25, 0.3) is 0 Å². The van der Waals surface area contributed by atoms with E-state index in [4.69, 9.17) is 11.0 Å². The molecule has 6 heteroatoms. The second-order valence-corrected chi connectivity index (χ2v) is 5.35. The fourth-order valence-electron chi connectivity index (χ4n) is 2.17. The number of benzene rings is 1. The van der Waals surface area contributed by atoms with Gasteiger partial charge in [0.25, 0.3) is 0 Å². The lowest BCUT2D eigenvalue weighted by molar-refractivity contribution is 0.492. The third kappa shape index (κ3) is 2.57. The first-order valence-electron chi connectivity index (χ1n) is 5.96. The maximum absolute atomic E-state index is 9.24. The normalized spacial score (nSPS) is 13.2. The first-order chi connectivity index (χ1) is 9.58. The van der Waals surface area contributed by atoms with Crippen LogP contribution in [0.1, 0.15) is 29.9 Å². The standard InChI is InChI=1S/C14H12BrN5/c1-9(18)14(10-3-2-4-11(15)5-10)20-8-19-12(6-16)13(20)7-17/h2-5,8-9,14H,18H2,1H3. The minimum Gasteiger partial charge on any atom is -0.326 e. The number of nitrogens with two attached hydrogens (primary N) is 1. The monoisotopic (exact) mass is 329 g/mol. The van der Waals surface area contributed by atoms with Gasteiger partial charge in [0.15, 0.2) is 11.4 Å². The Labute approximate surface area is 125 Å². The van der Waals surface area contributed by atoms with E-state index in [0.717, 1.165) is 10.0 Å². The molecule has 2 rings (SSSR count). The molecule has 0 amide bonds. The van der Waals surface area contributed by atoms with E-state index >= 15 is 0 Å². The van der Waals surface area contributed by atoms with Crippen LogP contribution in [0.3, 0.4) is 0 Å². The Kier molecular flexibility index (Phi) is 4.19. The Hall–Kier alpha value is -2.15. The molecule has 5 nitrogen and oxygen atoms in total. The quantitative estimate of drug-likeness (QED) is 0.935. The topological polar surface area (TPSA) is 91.4 Å². The largest absolute Gasteiger partial charge is 0.326 e. The van der Waals surface area contributed by atoms with Crippen molar-refractivity contribution in [1.29, 1.82) is 10.5 Å². The molecule has 0 aliphatic heterocycles. The zero-order chi connectivity index (χ0) is 14.7. The van der Waals surface area contributed by atoms with Crippen molar-refractivity contribution in [3.8, 4) is 12.1 Å². The highest BCUT2D eigenvalue weighted by Crippen LogP contribution is 2.26. The number of rotatable bonds is 3. The van der Waals surface area contributed by atoms with Crippen LogP contribution in [0.5, 0.6) is 0 Å². The molecular weight excluding hydrogens is 318 g/mol. The predicted octanol–water partition coefficient (Wildman–Crippen LogP) is 2.33. The van der Waals surface area contributed by atoms with E-state index in [0.29, 0.717) is 0 Å². The highest BCUT2D eigenvalue weighted by molar-refractivity contribution is 9.10. The molecule has 2 unspecified atom stereocenters. The summed E-state index contributed by atoms with van der Waals surface area (Å²) >= 11 is 3.42. The number of imidazole rings is 1. The molecule has 0 radical (unpaired) electrons. The zero-order valence-electron chi connectivity index (χ0n) is 10.8. The van der Waals surface area contributed by atoms with Gasteiger partial charge in [-0.05, 0) is 24.6 Å². The molecule has 0 bridgehead atoms. The third-order valence-corrected chi connectivity index (χ3v) is 3.49. The first kappa shape index (κ1) is 14.3. The summed E-state index contributed by atoms with van der Waals surface area (Å²) in [6, 6.07) is 11.2. The van der Waals surface area contributed by atoms with E-state index < -0.39 is 0 Å². The van der Waals surface area contributed by atoms with E-state index in [2.05, 4.69) is 20.9 Å². The van der Waals surface area contributed by atoms with Crippen LogP contribution in [0, 0.1) is 22.7 Å². The summed E-state index contributed by atoms with van der Waals surface area (Å²) in [5, 5.41) is 18.2. The van der Waals surface area contributed by atoms with Gasteiger partial charge in [-0.2, -0.15) is 10.5 Å². The maximum Gasteiger partial charge on any atom is 0.176 e. The van der Waals surface area contributed by atoms with Crippen LogP contribution in [0.15, 0.2) is 35.1 Å². The molecule has 0 saturated heterocycles. The van der Waals surface area contributed by atoms with Crippen LogP contribution < -0.4 is 5.73 Å². The lowest BCUT2D eigenvalue weighted by Gasteiger charge is -2.23. The molecule has 0 saturated carbocycles. The molecule has 2 atom stereocenters. The molecular formula is C14H12BrN5. The summed E-state index contributed by atoms with van der Waals surface area (Å²) in [6.07, 6.45) is 1.49. The Morgan fingerprint density at radius 3 is 2.65 bits per heavy atom. The smallest absolute Gasteiger partial charge is 0.176 e. The van der Waals surface area contributed by atoms with Crippen molar-refractivity contribution < 1.29 is 0 Å². The Bertz CT molecular complexity index is 705. The fourth-order valence-corrected chi connectivity index (χ4v) is 2.59. The fraction of sp³-hybridized carbons (Fsp3) is 0.214. The third-order valence-electron chi connectivity index (χ3n) is 2.99. The first-order valence-corrected chi connectivity index (χ1v) is 6.76. The van der Waals surface area contributed by atoms with E-state index in [1.807, 2.05) is 43.3 Å². The summed E-state index contributed by atoms with van der Waals surface area (Å²) in [5.41, 5.74) is 7.37. The van der Waals surface area contributed by atoms with E-state index in [-0.39, 0.29) is 23.5 Å². The van der Waals surface area contributed by atoms with Gasteiger partial charge in [0, 0.05) is 10.5 Å². The summed E-state index contributed by atoms with van der Waals surface area (Å²) in [7, 11) is 0. The Balaban J connectivity index is 2.59. The van der Waals surface area contributed by atoms with Gasteiger partial charge in [-0.15, -0.1) is 0 Å². The average Bonchev–Trinajstić information content (AvgIpc) is 2.81. The molecule has 1 heterocycles. The van der Waals surface area contributed by atoms with Crippen molar-refractivity contribution in [2.45, 2.75) is 19.0 Å². The number of aromatic nitrogens is 2. The Morgan fingerprint density at radius 2 is 2.10 bits per heavy atom. The van der Waals surface area contributed by atoms with Crippen molar-refractivity contribution >= 4 is 15.9 Å². The van der Waals surface area contributed by atoms with E-state index in [1.165, 1.54) is 6.33 Å². The number of halogens is 1. The van der Waals surface area contributed by atoms with Gasteiger partial charge in [-0.3, -0.25) is 0 Å². The lowest BCUT2D eigenvalue weighted by atomic mass is 10.0. The molecule has 0 spiro atoms. The van der Waals surface area contributed by atoms with Crippen molar-refractivity contribution in [3.05, 3.63) is 52.0 Å². The van der Waals surface area contributed by atoms with Crippen LogP contribution in [-0.4, -0.2) is 15.6 Å². The molecule has 0 aliphatic rings. The summed E-state index contributed by atoms with van der Waals surface area (Å²) in [4.78, 5) is 3.97. The molecule has 20 heavy (non-hydrogen) atoms. The second-order valence-electron chi connectivity index (χ2n) is 4.43. The molecule has 1 aromatic carbocycles. The van der Waals surface area contributed by atoms with Crippen molar-refractivity contribution in [2.75, 3.05) is 0 Å². The summed E-state index contributed by atoms with van der Waals surface area (Å²) in [5.74, 6) is 0. The van der Waals surface area contributed by atoms with Crippen LogP contribution in [0.4, 0.5) is 0 Å². The van der Waals surface area contributed by atoms with Gasteiger partial charge in [-0.1, -0.05) is 28.1 Å². The SMILES string of the molecule is CC(N)C(c1cccc(Br)c1)n1cnc(C#N)c1C#N. The van der Waals surface area contributed by atoms with Gasteiger partial charge >= 0.3 is 0 Å². The van der Waals surface area contributed by atoms with Gasteiger partial charge in [0.2, 0.25) is 0 Å². The lowest BCUT2D eigenvalue weighted by Crippen LogP contribution is -2.30. The number of nitriles is 2. The minimum atomic E-state index is -0.253. The molecule has 2 N–H and O–H groups in total. The predicted molar refractivity (Wildman–Crippen MR) is 77.6 cm³/mol. The zero-order valence-corrected chi connectivity index (χ0v) is 12.4. The van der Waals surface area contributed by atoms with Crippen molar-refractivity contribution in [1.82, 2.24) is 9.55 Å². The summed E-state index contributed by atoms with van der Waals surface area (Å²) < 4.78 is 2.59. The second kappa shape index (κ2) is 5.87. The highest BCUT2D eigenvalue weighted by Gasteiger charge is 2.23. The molecule has 2 aromatic rings. The van der Waals surface area contributed by atoms with Gasteiger partial charge in [0.05, 0.1) is 12.4 Å². The van der Waals surface area contributed by atoms with Crippen LogP contribution >= 0.6 is 15.9 Å². The molecule has 100 valence electrons. The maximum atomic E-state index is 9.24. The van der Waals surface area contributed by atoms with Crippen molar-refractivity contribution in [3.63, 3.8) is 0 Å².